The molecular formula is C20H23F3N3O2+. The molecule has 0 saturated heterocycles. The summed E-state index contributed by atoms with van der Waals surface area (Å²) in [6, 6.07) is 10.6. The number of amides is 2. The van der Waals surface area contributed by atoms with E-state index in [1.807, 2.05) is 30.3 Å². The maximum Gasteiger partial charge on any atom is 0.280 e. The molecule has 2 amide bonds. The molecule has 0 aliphatic carbocycles. The van der Waals surface area contributed by atoms with Gasteiger partial charge in [-0.25, -0.2) is 13.2 Å². The Bertz CT molecular complexity index is 846. The number of nitrogens with zero attached hydrogens (tertiary/aromatic N) is 1. The fourth-order valence-corrected chi connectivity index (χ4v) is 2.70. The molecule has 0 aliphatic heterocycles. The van der Waals surface area contributed by atoms with Crippen molar-refractivity contribution in [3.63, 3.8) is 0 Å². The monoisotopic (exact) mass is 394 g/mol. The van der Waals surface area contributed by atoms with E-state index < -0.39 is 35.1 Å². The molecule has 0 aromatic heterocycles. The van der Waals surface area contributed by atoms with E-state index in [-0.39, 0.29) is 12.5 Å². The molecule has 2 atom stereocenters. The summed E-state index contributed by atoms with van der Waals surface area (Å²) in [5.41, 5.74) is 0.534. The minimum Gasteiger partial charge on any atom is -0.336 e. The standard InChI is InChI=1S/C20H22F3N3O2/c1-13(20(28)26(3)11-14-7-5-4-6-8-14)25(2)12-17(27)24-16-10-9-15(21)18(22)19(16)23/h4-10,13H,11-12H2,1-3H3,(H,24,27)/p+1/t13-/m1/s1. The van der Waals surface area contributed by atoms with Crippen LogP contribution in [0, 0.1) is 17.5 Å². The molecule has 1 unspecified atom stereocenters. The van der Waals surface area contributed by atoms with Gasteiger partial charge in [-0.1, -0.05) is 30.3 Å². The molecule has 8 heteroatoms. The Balaban J connectivity index is 1.93. The highest BCUT2D eigenvalue weighted by Crippen LogP contribution is 2.19. The maximum absolute atomic E-state index is 13.7. The summed E-state index contributed by atoms with van der Waals surface area (Å²) in [6.45, 7) is 1.97. The van der Waals surface area contributed by atoms with Crippen LogP contribution in [0.2, 0.25) is 0 Å². The SMILES string of the molecule is C[C@H](C(=O)N(C)Cc1ccccc1)[NH+](C)CC(=O)Nc1ccc(F)c(F)c1F. The summed E-state index contributed by atoms with van der Waals surface area (Å²) >= 11 is 0. The van der Waals surface area contributed by atoms with Crippen LogP contribution in [0.4, 0.5) is 18.9 Å². The first-order valence-electron chi connectivity index (χ1n) is 8.75. The van der Waals surface area contributed by atoms with Gasteiger partial charge in [-0.05, 0) is 24.6 Å². The Kier molecular flexibility index (Phi) is 7.17. The Morgan fingerprint density at radius 3 is 2.36 bits per heavy atom. The molecule has 2 aromatic rings. The summed E-state index contributed by atoms with van der Waals surface area (Å²) in [4.78, 5) is 26.8. The van der Waals surface area contributed by atoms with Gasteiger partial charge in [0.1, 0.15) is 0 Å². The van der Waals surface area contributed by atoms with E-state index in [1.165, 1.54) is 0 Å². The summed E-state index contributed by atoms with van der Waals surface area (Å²) in [5.74, 6) is -5.22. The normalized spacial score (nSPS) is 12.9. The number of rotatable bonds is 7. The second-order valence-corrected chi connectivity index (χ2v) is 6.70. The minimum absolute atomic E-state index is 0.148. The van der Waals surface area contributed by atoms with E-state index in [0.717, 1.165) is 17.7 Å². The number of carbonyl (C=O) groups excluding carboxylic acids is 2. The number of quaternary nitrogens is 1. The summed E-state index contributed by atoms with van der Waals surface area (Å²) in [5, 5.41) is 2.21. The lowest BCUT2D eigenvalue weighted by atomic mass is 10.2. The highest BCUT2D eigenvalue weighted by Gasteiger charge is 2.27. The summed E-state index contributed by atoms with van der Waals surface area (Å²) in [7, 11) is 3.33. The molecule has 2 aromatic carbocycles. The third kappa shape index (κ3) is 5.32. The number of hydrogen-bond donors (Lipinski definition) is 2. The maximum atomic E-state index is 13.7. The van der Waals surface area contributed by atoms with Crippen LogP contribution < -0.4 is 10.2 Å². The molecule has 0 heterocycles. The summed E-state index contributed by atoms with van der Waals surface area (Å²) < 4.78 is 39.9. The molecule has 28 heavy (non-hydrogen) atoms. The van der Waals surface area contributed by atoms with E-state index in [0.29, 0.717) is 11.4 Å². The summed E-state index contributed by atoms with van der Waals surface area (Å²) in [6.07, 6.45) is 0. The van der Waals surface area contributed by atoms with E-state index >= 15 is 0 Å². The number of likely N-dealkylation sites (N-methyl/N-ethyl adjacent to an activating group) is 2. The van der Waals surface area contributed by atoms with Crippen molar-refractivity contribution < 1.29 is 27.7 Å². The van der Waals surface area contributed by atoms with Crippen LogP contribution >= 0.6 is 0 Å². The van der Waals surface area contributed by atoms with Crippen LogP contribution in [-0.4, -0.2) is 43.4 Å². The highest BCUT2D eigenvalue weighted by atomic mass is 19.2. The fourth-order valence-electron chi connectivity index (χ4n) is 2.70. The van der Waals surface area contributed by atoms with Crippen molar-refractivity contribution in [2.45, 2.75) is 19.5 Å². The van der Waals surface area contributed by atoms with Gasteiger partial charge in [0.05, 0.1) is 12.7 Å². The third-order valence-electron chi connectivity index (χ3n) is 4.50. The van der Waals surface area contributed by atoms with Crippen molar-refractivity contribution in [2.24, 2.45) is 0 Å². The molecule has 2 rings (SSSR count). The number of benzene rings is 2. The lowest BCUT2D eigenvalue weighted by Gasteiger charge is -2.25. The van der Waals surface area contributed by atoms with Crippen LogP contribution in [0.25, 0.3) is 0 Å². The smallest absolute Gasteiger partial charge is 0.280 e. The lowest BCUT2D eigenvalue weighted by molar-refractivity contribution is -0.886. The average molecular weight is 394 g/mol. The number of halogens is 3. The van der Waals surface area contributed by atoms with Crippen molar-refractivity contribution >= 4 is 17.5 Å². The van der Waals surface area contributed by atoms with E-state index in [1.54, 1.807) is 25.9 Å². The molecule has 5 nitrogen and oxygen atoms in total. The lowest BCUT2D eigenvalue weighted by Crippen LogP contribution is -3.15. The zero-order valence-electron chi connectivity index (χ0n) is 15.9. The molecule has 0 aliphatic rings. The van der Waals surface area contributed by atoms with Crippen molar-refractivity contribution in [3.8, 4) is 0 Å². The number of hydrogen-bond acceptors (Lipinski definition) is 2. The van der Waals surface area contributed by atoms with Crippen LogP contribution in [0.1, 0.15) is 12.5 Å². The molecule has 0 radical (unpaired) electrons. The Labute approximate surface area is 161 Å². The molecule has 0 fully saturated rings. The minimum atomic E-state index is -1.65. The van der Waals surface area contributed by atoms with E-state index in [4.69, 9.17) is 0 Å². The van der Waals surface area contributed by atoms with Gasteiger partial charge in [0.25, 0.3) is 11.8 Å². The van der Waals surface area contributed by atoms with Gasteiger partial charge in [-0.2, -0.15) is 0 Å². The second kappa shape index (κ2) is 9.36. The number of nitrogens with one attached hydrogen (secondary N) is 2. The van der Waals surface area contributed by atoms with Gasteiger partial charge < -0.3 is 15.1 Å². The fraction of sp³-hybridized carbons (Fsp3) is 0.300. The van der Waals surface area contributed by atoms with Gasteiger partial charge >= 0.3 is 0 Å². The first-order valence-corrected chi connectivity index (χ1v) is 8.75. The first-order chi connectivity index (χ1) is 13.2. The number of anilines is 1. The largest absolute Gasteiger partial charge is 0.336 e. The highest BCUT2D eigenvalue weighted by molar-refractivity contribution is 5.91. The topological polar surface area (TPSA) is 53.9 Å². The zero-order valence-corrected chi connectivity index (χ0v) is 15.9. The van der Waals surface area contributed by atoms with Gasteiger partial charge in [0.2, 0.25) is 0 Å². The third-order valence-corrected chi connectivity index (χ3v) is 4.50. The zero-order chi connectivity index (χ0) is 20.8. The first kappa shape index (κ1) is 21.4. The van der Waals surface area contributed by atoms with Crippen molar-refractivity contribution in [2.75, 3.05) is 26.0 Å². The van der Waals surface area contributed by atoms with Gasteiger partial charge in [-0.3, -0.25) is 9.59 Å². The number of carbonyl (C=O) groups is 2. The van der Waals surface area contributed by atoms with Gasteiger partial charge in [-0.15, -0.1) is 0 Å². The van der Waals surface area contributed by atoms with Crippen molar-refractivity contribution in [1.29, 1.82) is 0 Å². The average Bonchev–Trinajstić information content (AvgIpc) is 2.68. The van der Waals surface area contributed by atoms with Gasteiger partial charge in [0, 0.05) is 13.6 Å². The van der Waals surface area contributed by atoms with Crippen molar-refractivity contribution in [3.05, 3.63) is 65.5 Å². The molecule has 0 saturated carbocycles. The second-order valence-electron chi connectivity index (χ2n) is 6.70. The predicted octanol–water partition coefficient (Wildman–Crippen LogP) is 1.60. The quantitative estimate of drug-likeness (QED) is 0.701. The van der Waals surface area contributed by atoms with E-state index in [9.17, 15) is 22.8 Å². The predicted molar refractivity (Wildman–Crippen MR) is 99.1 cm³/mol. The molecular weight excluding hydrogens is 371 g/mol. The van der Waals surface area contributed by atoms with Crippen LogP contribution in [0.3, 0.4) is 0 Å². The van der Waals surface area contributed by atoms with Crippen LogP contribution in [0.5, 0.6) is 0 Å². The molecule has 0 spiro atoms. The van der Waals surface area contributed by atoms with Crippen LogP contribution in [-0.2, 0) is 16.1 Å². The Hall–Kier alpha value is -2.87. The van der Waals surface area contributed by atoms with E-state index in [2.05, 4.69) is 5.32 Å². The van der Waals surface area contributed by atoms with Gasteiger partial charge in [0.15, 0.2) is 30.0 Å². The Morgan fingerprint density at radius 2 is 1.71 bits per heavy atom. The Morgan fingerprint density at radius 1 is 1.07 bits per heavy atom. The molecule has 0 bridgehead atoms. The molecule has 2 N–H and O–H groups in total. The molecule has 150 valence electrons. The van der Waals surface area contributed by atoms with Crippen molar-refractivity contribution in [1.82, 2.24) is 4.90 Å². The van der Waals surface area contributed by atoms with Crippen LogP contribution in [0.15, 0.2) is 42.5 Å².